The summed E-state index contributed by atoms with van der Waals surface area (Å²) in [6, 6.07) is 6.27. The number of aromatic nitrogens is 3. The van der Waals surface area contributed by atoms with Crippen LogP contribution in [0.4, 0.5) is 4.39 Å². The number of hydrogen-bond donors (Lipinski definition) is 3. The van der Waals surface area contributed by atoms with Gasteiger partial charge in [0.2, 0.25) is 0 Å². The van der Waals surface area contributed by atoms with E-state index in [-0.39, 0.29) is 17.9 Å². The molecule has 0 amide bonds. The van der Waals surface area contributed by atoms with E-state index in [9.17, 15) is 9.18 Å². The average molecular weight is 304 g/mol. The average Bonchev–Trinajstić information content (AvgIpc) is 2.94. The molecule has 108 valence electrons. The summed E-state index contributed by atoms with van der Waals surface area (Å²) in [5.74, 6) is -0.323. The molecule has 0 aliphatic carbocycles. The Hall–Kier alpha value is -2.25. The maximum Gasteiger partial charge on any atom is 0.276 e. The van der Waals surface area contributed by atoms with Crippen molar-refractivity contribution < 1.29 is 4.39 Å². The molecule has 0 bridgehead atoms. The third-order valence-electron chi connectivity index (χ3n) is 3.43. The third-order valence-corrected chi connectivity index (χ3v) is 3.75. The molecule has 0 unspecified atom stereocenters. The van der Waals surface area contributed by atoms with Gasteiger partial charge in [0, 0.05) is 12.7 Å². The van der Waals surface area contributed by atoms with Crippen molar-refractivity contribution >= 4 is 23.3 Å². The molecule has 2 heterocycles. The summed E-state index contributed by atoms with van der Waals surface area (Å²) < 4.78 is 15.4. The quantitative estimate of drug-likeness (QED) is 0.648. The zero-order valence-electron chi connectivity index (χ0n) is 11.0. The smallest absolute Gasteiger partial charge is 0.276 e. The Bertz CT molecular complexity index is 925. The lowest BCUT2D eigenvalue weighted by atomic mass is 10.1. The summed E-state index contributed by atoms with van der Waals surface area (Å²) in [7, 11) is 0. The summed E-state index contributed by atoms with van der Waals surface area (Å²) in [5.41, 5.74) is 8.15. The van der Waals surface area contributed by atoms with Crippen molar-refractivity contribution in [3.63, 3.8) is 0 Å². The molecule has 3 aromatic rings. The summed E-state index contributed by atoms with van der Waals surface area (Å²) >= 11 is 5.23. The summed E-state index contributed by atoms with van der Waals surface area (Å²) in [5, 5.41) is 0. The maximum absolute atomic E-state index is 13.3. The second kappa shape index (κ2) is 5.27. The van der Waals surface area contributed by atoms with Crippen LogP contribution in [0.3, 0.4) is 0 Å². The molecule has 5 nitrogen and oxygen atoms in total. The van der Waals surface area contributed by atoms with E-state index in [1.807, 2.05) is 0 Å². The van der Waals surface area contributed by atoms with Crippen LogP contribution >= 0.6 is 12.2 Å². The van der Waals surface area contributed by atoms with E-state index < -0.39 is 0 Å². The van der Waals surface area contributed by atoms with E-state index in [0.717, 1.165) is 5.56 Å². The van der Waals surface area contributed by atoms with Gasteiger partial charge in [0.15, 0.2) is 4.77 Å². The third kappa shape index (κ3) is 2.41. The molecular weight excluding hydrogens is 291 g/mol. The predicted molar refractivity (Wildman–Crippen MR) is 81.1 cm³/mol. The van der Waals surface area contributed by atoms with Crippen LogP contribution in [0.15, 0.2) is 35.3 Å². The zero-order chi connectivity index (χ0) is 15.0. The van der Waals surface area contributed by atoms with Gasteiger partial charge in [0.1, 0.15) is 11.3 Å². The van der Waals surface area contributed by atoms with Crippen molar-refractivity contribution in [1.82, 2.24) is 14.5 Å². The lowest BCUT2D eigenvalue weighted by Crippen LogP contribution is -2.15. The highest BCUT2D eigenvalue weighted by atomic mass is 32.1. The summed E-state index contributed by atoms with van der Waals surface area (Å²) in [6.07, 6.45) is 1.68. The number of hydrogen-bond acceptors (Lipinski definition) is 3. The van der Waals surface area contributed by atoms with Crippen LogP contribution in [0.5, 0.6) is 0 Å². The van der Waals surface area contributed by atoms with Gasteiger partial charge in [-0.2, -0.15) is 0 Å². The molecule has 0 aliphatic rings. The van der Waals surface area contributed by atoms with Gasteiger partial charge in [-0.1, -0.05) is 6.07 Å². The number of benzene rings is 1. The normalized spacial score (nSPS) is 11.1. The second-order valence-electron chi connectivity index (χ2n) is 4.70. The molecule has 2 aromatic heterocycles. The second-order valence-corrected chi connectivity index (χ2v) is 5.09. The molecule has 0 atom stereocenters. The SMILES string of the molecule is NCc1cc(F)ccc1Cn1c(=S)[nH]c(=O)c2[nH]ccc21. The number of halogens is 1. The molecule has 4 N–H and O–H groups in total. The highest BCUT2D eigenvalue weighted by molar-refractivity contribution is 7.71. The van der Waals surface area contributed by atoms with Crippen molar-refractivity contribution in [2.75, 3.05) is 0 Å². The largest absolute Gasteiger partial charge is 0.355 e. The van der Waals surface area contributed by atoms with Gasteiger partial charge in [-0.05, 0) is 41.5 Å². The van der Waals surface area contributed by atoms with Gasteiger partial charge < -0.3 is 15.3 Å². The Morgan fingerprint density at radius 3 is 2.86 bits per heavy atom. The van der Waals surface area contributed by atoms with Gasteiger partial charge in [-0.3, -0.25) is 9.78 Å². The van der Waals surface area contributed by atoms with Crippen LogP contribution in [0, 0.1) is 10.6 Å². The molecule has 0 spiro atoms. The van der Waals surface area contributed by atoms with Crippen LogP contribution in [0.1, 0.15) is 11.1 Å². The maximum atomic E-state index is 13.3. The topological polar surface area (TPSA) is 79.6 Å². The van der Waals surface area contributed by atoms with Crippen molar-refractivity contribution in [2.24, 2.45) is 5.73 Å². The number of H-pyrrole nitrogens is 2. The van der Waals surface area contributed by atoms with Crippen LogP contribution < -0.4 is 11.3 Å². The fourth-order valence-corrected chi connectivity index (χ4v) is 2.63. The summed E-state index contributed by atoms with van der Waals surface area (Å²) in [6.45, 7) is 0.650. The molecule has 3 rings (SSSR count). The zero-order valence-corrected chi connectivity index (χ0v) is 11.8. The lowest BCUT2D eigenvalue weighted by Gasteiger charge is -2.12. The standard InChI is InChI=1S/C14H13FN4OS/c15-10-2-1-8(9(5-10)6-16)7-19-11-3-4-17-12(11)13(20)18-14(19)21/h1-5,17H,6-7,16H2,(H,18,20,21). The molecule has 21 heavy (non-hydrogen) atoms. The Kier molecular flexibility index (Phi) is 3.44. The first-order valence-corrected chi connectivity index (χ1v) is 6.78. The minimum atomic E-state index is -0.323. The fraction of sp³-hybridized carbons (Fsp3) is 0.143. The molecule has 1 aromatic carbocycles. The van der Waals surface area contributed by atoms with Gasteiger partial charge in [0.25, 0.3) is 5.56 Å². The van der Waals surface area contributed by atoms with Crippen molar-refractivity contribution in [3.05, 3.63) is 62.5 Å². The highest BCUT2D eigenvalue weighted by Gasteiger charge is 2.09. The van der Waals surface area contributed by atoms with E-state index in [0.29, 0.717) is 27.9 Å². The number of fused-ring (bicyclic) bond motifs is 1. The molecule has 0 aliphatic heterocycles. The van der Waals surface area contributed by atoms with Gasteiger partial charge in [0.05, 0.1) is 12.1 Å². The Labute approximate surface area is 124 Å². The number of aromatic amines is 2. The minimum absolute atomic E-state index is 0.236. The van der Waals surface area contributed by atoms with Crippen LogP contribution in [-0.4, -0.2) is 14.5 Å². The monoisotopic (exact) mass is 304 g/mol. The fourth-order valence-electron chi connectivity index (χ4n) is 2.37. The van der Waals surface area contributed by atoms with E-state index in [1.165, 1.54) is 12.1 Å². The molecule has 0 fully saturated rings. The number of rotatable bonds is 3. The van der Waals surface area contributed by atoms with Gasteiger partial charge >= 0.3 is 0 Å². The Morgan fingerprint density at radius 2 is 2.10 bits per heavy atom. The van der Waals surface area contributed by atoms with Crippen LogP contribution in [-0.2, 0) is 13.1 Å². The molecule has 0 saturated heterocycles. The Morgan fingerprint density at radius 1 is 1.29 bits per heavy atom. The van der Waals surface area contributed by atoms with E-state index >= 15 is 0 Å². The molecule has 7 heteroatoms. The minimum Gasteiger partial charge on any atom is -0.355 e. The lowest BCUT2D eigenvalue weighted by molar-refractivity contribution is 0.623. The van der Waals surface area contributed by atoms with Crippen molar-refractivity contribution in [3.8, 4) is 0 Å². The first kappa shape index (κ1) is 13.7. The van der Waals surface area contributed by atoms with E-state index in [2.05, 4.69) is 9.97 Å². The van der Waals surface area contributed by atoms with Gasteiger partial charge in [-0.15, -0.1) is 0 Å². The highest BCUT2D eigenvalue weighted by Crippen LogP contribution is 2.16. The molecule has 0 radical (unpaired) electrons. The number of nitrogens with two attached hydrogens (primary N) is 1. The predicted octanol–water partition coefficient (Wildman–Crippen LogP) is 2.03. The van der Waals surface area contributed by atoms with Gasteiger partial charge in [-0.25, -0.2) is 4.39 Å². The van der Waals surface area contributed by atoms with Crippen molar-refractivity contribution in [1.29, 1.82) is 0 Å². The van der Waals surface area contributed by atoms with Crippen LogP contribution in [0.25, 0.3) is 11.0 Å². The van der Waals surface area contributed by atoms with E-state index in [1.54, 1.807) is 22.9 Å². The first-order chi connectivity index (χ1) is 10.1. The number of nitrogens with one attached hydrogen (secondary N) is 2. The number of nitrogens with zero attached hydrogens (tertiary/aromatic N) is 1. The first-order valence-electron chi connectivity index (χ1n) is 6.37. The molecular formula is C14H13FN4OS. The van der Waals surface area contributed by atoms with Crippen molar-refractivity contribution in [2.45, 2.75) is 13.1 Å². The Balaban J connectivity index is 2.17. The summed E-state index contributed by atoms with van der Waals surface area (Å²) in [4.78, 5) is 17.3. The van der Waals surface area contributed by atoms with Crippen LogP contribution in [0.2, 0.25) is 0 Å². The van der Waals surface area contributed by atoms with E-state index in [4.69, 9.17) is 18.0 Å². The molecule has 0 saturated carbocycles.